The van der Waals surface area contributed by atoms with Crippen molar-refractivity contribution in [1.82, 2.24) is 4.90 Å². The summed E-state index contributed by atoms with van der Waals surface area (Å²) in [5.74, 6) is -0.285. The van der Waals surface area contributed by atoms with Crippen molar-refractivity contribution in [2.24, 2.45) is 0 Å². The molecule has 3 aromatic carbocycles. The van der Waals surface area contributed by atoms with Gasteiger partial charge in [0.1, 0.15) is 29.5 Å². The fourth-order valence-electron chi connectivity index (χ4n) is 4.72. The van der Waals surface area contributed by atoms with Crippen LogP contribution in [-0.2, 0) is 35.4 Å². The number of halogens is 1. The monoisotopic (exact) mass is 505 g/mol. The molecular weight excluding hydrogens is 473 g/mol. The van der Waals surface area contributed by atoms with Crippen LogP contribution in [0.2, 0.25) is 0 Å². The molecular formula is C30H32FNO5. The Hall–Kier alpha value is -3.87. The zero-order chi connectivity index (χ0) is 26.6. The van der Waals surface area contributed by atoms with Crippen molar-refractivity contribution in [2.75, 3.05) is 6.54 Å². The van der Waals surface area contributed by atoms with Crippen molar-refractivity contribution in [3.8, 4) is 11.5 Å². The third-order valence-corrected chi connectivity index (χ3v) is 6.30. The molecule has 0 spiro atoms. The highest BCUT2D eigenvalue weighted by molar-refractivity contribution is 5.83. The Morgan fingerprint density at radius 3 is 2.49 bits per heavy atom. The molecule has 0 radical (unpaired) electrons. The Morgan fingerprint density at radius 1 is 1.08 bits per heavy atom. The molecule has 0 aromatic heterocycles. The van der Waals surface area contributed by atoms with Gasteiger partial charge >= 0.3 is 5.97 Å². The number of para-hydroxylation sites is 1. The van der Waals surface area contributed by atoms with E-state index in [0.717, 1.165) is 22.4 Å². The fourth-order valence-corrected chi connectivity index (χ4v) is 4.72. The van der Waals surface area contributed by atoms with Crippen LogP contribution in [0, 0.1) is 5.82 Å². The van der Waals surface area contributed by atoms with Crippen LogP contribution in [0.3, 0.4) is 0 Å². The first kappa shape index (κ1) is 26.2. The third kappa shape index (κ3) is 6.67. The van der Waals surface area contributed by atoms with E-state index in [0.29, 0.717) is 24.2 Å². The summed E-state index contributed by atoms with van der Waals surface area (Å²) in [6, 6.07) is 19.6. The summed E-state index contributed by atoms with van der Waals surface area (Å²) in [6.45, 7) is 5.49. The maximum atomic E-state index is 14.2. The number of nitrogens with zero attached hydrogens (tertiary/aromatic N) is 1. The molecule has 0 bridgehead atoms. The number of benzene rings is 3. The van der Waals surface area contributed by atoms with E-state index in [1.807, 2.05) is 69.3 Å². The largest absolute Gasteiger partial charge is 0.491 e. The van der Waals surface area contributed by atoms with Crippen LogP contribution in [0.15, 0.2) is 66.7 Å². The first-order valence-electron chi connectivity index (χ1n) is 12.4. The van der Waals surface area contributed by atoms with E-state index >= 15 is 0 Å². The minimum Gasteiger partial charge on any atom is -0.491 e. The molecule has 3 aromatic rings. The van der Waals surface area contributed by atoms with Gasteiger partial charge in [0.2, 0.25) is 5.91 Å². The molecule has 0 aliphatic carbocycles. The van der Waals surface area contributed by atoms with Crippen molar-refractivity contribution in [3.05, 3.63) is 94.8 Å². The van der Waals surface area contributed by atoms with E-state index in [9.17, 15) is 19.1 Å². The third-order valence-electron chi connectivity index (χ3n) is 6.30. The van der Waals surface area contributed by atoms with Gasteiger partial charge in [0.15, 0.2) is 0 Å². The zero-order valence-electron chi connectivity index (χ0n) is 21.4. The lowest BCUT2D eigenvalue weighted by atomic mass is 9.91. The van der Waals surface area contributed by atoms with E-state index in [1.54, 1.807) is 12.1 Å². The highest BCUT2D eigenvalue weighted by Crippen LogP contribution is 2.38. The van der Waals surface area contributed by atoms with Crippen LogP contribution in [-0.4, -0.2) is 40.1 Å². The van der Waals surface area contributed by atoms with E-state index in [1.165, 1.54) is 11.0 Å². The Labute approximate surface area is 216 Å². The number of rotatable bonds is 10. The minimum absolute atomic E-state index is 0.0533. The van der Waals surface area contributed by atoms with Crippen LogP contribution < -0.4 is 9.47 Å². The van der Waals surface area contributed by atoms with Gasteiger partial charge in [-0.15, -0.1) is 0 Å². The van der Waals surface area contributed by atoms with Crippen molar-refractivity contribution < 1.29 is 28.6 Å². The van der Waals surface area contributed by atoms with Gasteiger partial charge in [-0.2, -0.15) is 0 Å². The number of fused-ring (bicyclic) bond motifs is 1. The number of hydrogen-bond acceptors (Lipinski definition) is 4. The van der Waals surface area contributed by atoms with E-state index in [2.05, 4.69) is 0 Å². The van der Waals surface area contributed by atoms with Gasteiger partial charge < -0.3 is 19.5 Å². The molecule has 37 heavy (non-hydrogen) atoms. The van der Waals surface area contributed by atoms with Gasteiger partial charge in [0.25, 0.3) is 0 Å². The van der Waals surface area contributed by atoms with Crippen LogP contribution in [0.1, 0.15) is 43.0 Å². The molecule has 0 saturated heterocycles. The number of ether oxygens (including phenoxy) is 2. The lowest BCUT2D eigenvalue weighted by Crippen LogP contribution is -2.36. The summed E-state index contributed by atoms with van der Waals surface area (Å²) in [4.78, 5) is 26.1. The van der Waals surface area contributed by atoms with E-state index in [-0.39, 0.29) is 30.8 Å². The van der Waals surface area contributed by atoms with E-state index in [4.69, 9.17) is 9.47 Å². The zero-order valence-corrected chi connectivity index (χ0v) is 21.4. The average Bonchev–Trinajstić information content (AvgIpc) is 3.16. The van der Waals surface area contributed by atoms with Gasteiger partial charge in [-0.25, -0.2) is 4.39 Å². The van der Waals surface area contributed by atoms with Crippen LogP contribution >= 0.6 is 0 Å². The molecule has 6 nitrogen and oxygen atoms in total. The summed E-state index contributed by atoms with van der Waals surface area (Å²) in [5, 5.41) is 9.45. The average molecular weight is 506 g/mol. The van der Waals surface area contributed by atoms with Gasteiger partial charge in [0.05, 0.1) is 12.5 Å². The van der Waals surface area contributed by atoms with Gasteiger partial charge in [-0.05, 0) is 55.7 Å². The van der Waals surface area contributed by atoms with Crippen molar-refractivity contribution in [3.63, 3.8) is 0 Å². The van der Waals surface area contributed by atoms with Crippen molar-refractivity contribution >= 4 is 11.9 Å². The number of hydrogen-bond donors (Lipinski definition) is 1. The lowest BCUT2D eigenvalue weighted by molar-refractivity contribution is -0.144. The fraction of sp³-hybridized carbons (Fsp3) is 0.333. The highest BCUT2D eigenvalue weighted by Gasteiger charge is 2.36. The molecule has 1 unspecified atom stereocenters. The Morgan fingerprint density at radius 2 is 1.78 bits per heavy atom. The summed E-state index contributed by atoms with van der Waals surface area (Å²) in [6.07, 6.45) is 1.00. The number of carbonyl (C=O) groups is 2. The number of carboxylic acids is 1. The molecule has 0 fully saturated rings. The van der Waals surface area contributed by atoms with Gasteiger partial charge in [0, 0.05) is 24.9 Å². The summed E-state index contributed by atoms with van der Waals surface area (Å²) >= 11 is 0. The number of carboxylic acid groups (broad SMARTS) is 1. The minimum atomic E-state index is -1.08. The quantitative estimate of drug-likeness (QED) is 0.410. The second-order valence-electron chi connectivity index (χ2n) is 10.0. The second kappa shape index (κ2) is 11.0. The predicted molar refractivity (Wildman–Crippen MR) is 138 cm³/mol. The molecule has 194 valence electrons. The maximum absolute atomic E-state index is 14.2. The lowest BCUT2D eigenvalue weighted by Gasteiger charge is -2.24. The molecule has 1 N–H and O–H groups in total. The standard InChI is InChI=1S/C30H32FNO5/c1-20(2)36-26-11-7-5-9-23(26)18-32(19-29(34)35)28(33)15-21-12-13-27-24(14-21)17-30(3,37-27)16-22-8-4-6-10-25(22)31/h4-14,20H,15-19H2,1-3H3,(H,34,35). The van der Waals surface area contributed by atoms with Gasteiger partial charge in [-0.1, -0.05) is 48.5 Å². The number of carbonyl (C=O) groups excluding carboxylic acids is 1. The molecule has 1 amide bonds. The normalized spacial score (nSPS) is 16.2. The van der Waals surface area contributed by atoms with Crippen LogP contribution in [0.25, 0.3) is 0 Å². The Kier molecular flexibility index (Phi) is 7.81. The summed E-state index contributed by atoms with van der Waals surface area (Å²) < 4.78 is 26.2. The number of aliphatic carboxylic acids is 1. The van der Waals surface area contributed by atoms with E-state index < -0.39 is 18.1 Å². The highest BCUT2D eigenvalue weighted by atomic mass is 19.1. The Balaban J connectivity index is 1.48. The molecule has 1 aliphatic heterocycles. The summed E-state index contributed by atoms with van der Waals surface area (Å²) in [5.41, 5.74) is 2.47. The second-order valence-corrected chi connectivity index (χ2v) is 10.0. The predicted octanol–water partition coefficient (Wildman–Crippen LogP) is 5.21. The van der Waals surface area contributed by atoms with Crippen molar-refractivity contribution in [1.29, 1.82) is 0 Å². The Bertz CT molecular complexity index is 1290. The first-order valence-corrected chi connectivity index (χ1v) is 12.4. The van der Waals surface area contributed by atoms with Crippen LogP contribution in [0.5, 0.6) is 11.5 Å². The van der Waals surface area contributed by atoms with Crippen molar-refractivity contribution in [2.45, 2.75) is 58.3 Å². The first-order chi connectivity index (χ1) is 17.6. The molecule has 1 aliphatic rings. The van der Waals surface area contributed by atoms with Crippen LogP contribution in [0.4, 0.5) is 4.39 Å². The SMILES string of the molecule is CC(C)Oc1ccccc1CN(CC(=O)O)C(=O)Cc1ccc2c(c1)CC(C)(Cc1ccccc1F)O2. The molecule has 0 saturated carbocycles. The molecule has 7 heteroatoms. The van der Waals surface area contributed by atoms with Gasteiger partial charge in [-0.3, -0.25) is 9.59 Å². The molecule has 4 rings (SSSR count). The summed E-state index contributed by atoms with van der Waals surface area (Å²) in [7, 11) is 0. The smallest absolute Gasteiger partial charge is 0.323 e. The topological polar surface area (TPSA) is 76.1 Å². The molecule has 1 heterocycles. The molecule has 1 atom stereocenters. The number of amides is 1. The maximum Gasteiger partial charge on any atom is 0.323 e.